The number of likely N-dealkylation sites (N-methyl/N-ethyl adjacent to an activating group) is 1. The van der Waals surface area contributed by atoms with Crippen molar-refractivity contribution in [1.29, 1.82) is 0 Å². The third-order valence-corrected chi connectivity index (χ3v) is 8.40. The summed E-state index contributed by atoms with van der Waals surface area (Å²) in [6, 6.07) is 8.60. The van der Waals surface area contributed by atoms with Gasteiger partial charge in [0.2, 0.25) is 0 Å². The number of hydrogen-bond donors (Lipinski definition) is 0. The Morgan fingerprint density at radius 3 is 2.62 bits per heavy atom. The largest absolute Gasteiger partial charge is 0.493 e. The van der Waals surface area contributed by atoms with Crippen LogP contribution in [0.1, 0.15) is 38.7 Å². The van der Waals surface area contributed by atoms with E-state index in [9.17, 15) is 13.2 Å². The smallest absolute Gasteiger partial charge is 0.294 e. The van der Waals surface area contributed by atoms with Crippen LogP contribution in [0.4, 0.5) is 0 Å². The zero-order valence-electron chi connectivity index (χ0n) is 18.2. The van der Waals surface area contributed by atoms with Crippen LogP contribution in [0.3, 0.4) is 0 Å². The van der Waals surface area contributed by atoms with E-state index in [1.165, 1.54) is 11.0 Å². The summed E-state index contributed by atoms with van der Waals surface area (Å²) in [5.41, 5.74) is 0.747. The molecule has 7 nitrogen and oxygen atoms in total. The van der Waals surface area contributed by atoms with Gasteiger partial charge in [0, 0.05) is 6.54 Å². The fraction of sp³-hybridized carbons (Fsp3) is 0.364. The fourth-order valence-corrected chi connectivity index (χ4v) is 6.20. The zero-order valence-corrected chi connectivity index (χ0v) is 20.7. The summed E-state index contributed by atoms with van der Waals surface area (Å²) in [6.07, 6.45) is 4.90. The van der Waals surface area contributed by atoms with Crippen molar-refractivity contribution in [3.05, 3.63) is 46.2 Å². The third-order valence-electron chi connectivity index (χ3n) is 4.64. The number of carbonyl (C=O) groups excluding carboxylic acids is 1. The minimum absolute atomic E-state index is 0.144. The Balaban J connectivity index is 1.84. The Kier molecular flexibility index (Phi) is 8.38. The van der Waals surface area contributed by atoms with Crippen LogP contribution >= 0.6 is 23.1 Å². The number of unbranched alkanes of at least 4 members (excludes halogenated alkanes) is 2. The second-order valence-corrected chi connectivity index (χ2v) is 10.7. The van der Waals surface area contributed by atoms with Gasteiger partial charge in [0.15, 0.2) is 16.7 Å². The van der Waals surface area contributed by atoms with Gasteiger partial charge in [-0.3, -0.25) is 9.69 Å². The van der Waals surface area contributed by atoms with E-state index in [0.29, 0.717) is 29.6 Å². The molecule has 0 spiro atoms. The standard InChI is InChI=1S/C22H26N2O5S3/c1-4-6-7-12-29-17-11-10-16(14-18(17)28-3)15-19-21(25)24(5-2)22(31-19)23-32(26,27)20-9-8-13-30-20/h8-11,13-15H,4-7,12H2,1-3H3. The molecule has 0 unspecified atom stereocenters. The quantitative estimate of drug-likeness (QED) is 0.341. The molecule has 0 radical (unpaired) electrons. The highest BCUT2D eigenvalue weighted by atomic mass is 32.2. The molecule has 1 amide bonds. The molecule has 0 bridgehead atoms. The van der Waals surface area contributed by atoms with E-state index in [1.54, 1.807) is 37.6 Å². The van der Waals surface area contributed by atoms with Gasteiger partial charge in [-0.1, -0.05) is 31.9 Å². The Morgan fingerprint density at radius 1 is 1.16 bits per heavy atom. The van der Waals surface area contributed by atoms with Crippen molar-refractivity contribution in [3.8, 4) is 11.5 Å². The molecule has 1 aromatic carbocycles. The van der Waals surface area contributed by atoms with Gasteiger partial charge in [-0.05, 0) is 60.3 Å². The molecule has 2 heterocycles. The molecule has 1 aliphatic heterocycles. The van der Waals surface area contributed by atoms with Crippen LogP contribution < -0.4 is 9.47 Å². The van der Waals surface area contributed by atoms with E-state index >= 15 is 0 Å². The van der Waals surface area contributed by atoms with Crippen molar-refractivity contribution in [3.63, 3.8) is 0 Å². The monoisotopic (exact) mass is 494 g/mol. The van der Waals surface area contributed by atoms with Crippen LogP contribution in [0, 0.1) is 0 Å². The SMILES string of the molecule is CCCCCOc1ccc(C=C2SC(=NS(=O)(=O)c3cccs3)N(CC)C2=O)cc1OC. The van der Waals surface area contributed by atoms with Gasteiger partial charge in [0.05, 0.1) is 18.6 Å². The molecule has 0 saturated carbocycles. The Bertz CT molecular complexity index is 1110. The third kappa shape index (κ3) is 5.73. The number of amidine groups is 1. The first-order valence-electron chi connectivity index (χ1n) is 10.3. The van der Waals surface area contributed by atoms with Gasteiger partial charge in [0.1, 0.15) is 4.21 Å². The number of ether oxygens (including phenoxy) is 2. The first-order valence-corrected chi connectivity index (χ1v) is 13.4. The molecule has 10 heteroatoms. The summed E-state index contributed by atoms with van der Waals surface area (Å²) < 4.78 is 40.4. The molecule has 1 fully saturated rings. The van der Waals surface area contributed by atoms with Crippen molar-refractivity contribution in [2.24, 2.45) is 4.40 Å². The lowest BCUT2D eigenvalue weighted by Crippen LogP contribution is -2.29. The van der Waals surface area contributed by atoms with Crippen LogP contribution in [0.15, 0.2) is 49.2 Å². The van der Waals surface area contributed by atoms with Crippen molar-refractivity contribution in [1.82, 2.24) is 4.90 Å². The lowest BCUT2D eigenvalue weighted by atomic mass is 10.2. The summed E-state index contributed by atoms with van der Waals surface area (Å²) in [4.78, 5) is 14.6. The summed E-state index contributed by atoms with van der Waals surface area (Å²) in [5, 5.41) is 1.83. The highest BCUT2D eigenvalue weighted by Crippen LogP contribution is 2.35. The van der Waals surface area contributed by atoms with Gasteiger partial charge in [0.25, 0.3) is 15.9 Å². The van der Waals surface area contributed by atoms with Crippen LogP contribution in [-0.2, 0) is 14.8 Å². The van der Waals surface area contributed by atoms with Gasteiger partial charge in [-0.25, -0.2) is 0 Å². The van der Waals surface area contributed by atoms with E-state index in [-0.39, 0.29) is 15.3 Å². The van der Waals surface area contributed by atoms with Crippen LogP contribution in [0.2, 0.25) is 0 Å². The Morgan fingerprint density at radius 2 is 1.97 bits per heavy atom. The first-order chi connectivity index (χ1) is 15.4. The van der Waals surface area contributed by atoms with Gasteiger partial charge in [-0.15, -0.1) is 15.7 Å². The normalized spacial score (nSPS) is 16.8. The van der Waals surface area contributed by atoms with Gasteiger partial charge < -0.3 is 9.47 Å². The number of rotatable bonds is 10. The molecule has 0 atom stereocenters. The van der Waals surface area contributed by atoms with E-state index in [1.807, 2.05) is 12.1 Å². The topological polar surface area (TPSA) is 85.3 Å². The van der Waals surface area contributed by atoms with Crippen LogP contribution in [-0.4, -0.2) is 44.7 Å². The fourth-order valence-electron chi connectivity index (χ4n) is 2.99. The van der Waals surface area contributed by atoms with Gasteiger partial charge in [-0.2, -0.15) is 8.42 Å². The number of amides is 1. The number of carbonyl (C=O) groups is 1. The molecule has 0 aliphatic carbocycles. The highest BCUT2D eigenvalue weighted by molar-refractivity contribution is 8.19. The van der Waals surface area contributed by atoms with Crippen LogP contribution in [0.25, 0.3) is 6.08 Å². The molecular weight excluding hydrogens is 468 g/mol. The molecule has 172 valence electrons. The first kappa shape index (κ1) is 24.3. The lowest BCUT2D eigenvalue weighted by molar-refractivity contribution is -0.122. The molecule has 1 aromatic heterocycles. The number of methoxy groups -OCH3 is 1. The van der Waals surface area contributed by atoms with Crippen molar-refractivity contribution < 1.29 is 22.7 Å². The van der Waals surface area contributed by atoms with Crippen molar-refractivity contribution in [2.75, 3.05) is 20.3 Å². The molecule has 32 heavy (non-hydrogen) atoms. The molecule has 0 N–H and O–H groups in total. The van der Waals surface area contributed by atoms with E-state index in [2.05, 4.69) is 11.3 Å². The van der Waals surface area contributed by atoms with E-state index in [0.717, 1.165) is 47.9 Å². The minimum Gasteiger partial charge on any atom is -0.493 e. The number of thiophene rings is 1. The number of sulfonamides is 1. The molecule has 3 rings (SSSR count). The zero-order chi connectivity index (χ0) is 23.1. The van der Waals surface area contributed by atoms with Crippen molar-refractivity contribution in [2.45, 2.75) is 37.3 Å². The van der Waals surface area contributed by atoms with Crippen molar-refractivity contribution >= 4 is 50.3 Å². The molecule has 2 aromatic rings. The predicted molar refractivity (Wildman–Crippen MR) is 130 cm³/mol. The molecular formula is C22H26N2O5S3. The predicted octanol–water partition coefficient (Wildman–Crippen LogP) is 5.01. The minimum atomic E-state index is -3.86. The summed E-state index contributed by atoms with van der Waals surface area (Å²) in [7, 11) is -2.30. The molecule has 1 saturated heterocycles. The summed E-state index contributed by atoms with van der Waals surface area (Å²) >= 11 is 2.14. The number of hydrogen-bond acceptors (Lipinski definition) is 7. The Labute approximate surface area is 197 Å². The maximum atomic E-state index is 12.9. The highest BCUT2D eigenvalue weighted by Gasteiger charge is 2.34. The van der Waals surface area contributed by atoms with Gasteiger partial charge >= 0.3 is 0 Å². The van der Waals surface area contributed by atoms with E-state index in [4.69, 9.17) is 9.47 Å². The lowest BCUT2D eigenvalue weighted by Gasteiger charge is -2.12. The van der Waals surface area contributed by atoms with Crippen LogP contribution in [0.5, 0.6) is 11.5 Å². The van der Waals surface area contributed by atoms with E-state index < -0.39 is 10.0 Å². The average Bonchev–Trinajstić information content (AvgIpc) is 3.41. The number of benzene rings is 1. The number of nitrogens with zero attached hydrogens (tertiary/aromatic N) is 2. The average molecular weight is 495 g/mol. The number of thioether (sulfide) groups is 1. The summed E-state index contributed by atoms with van der Waals surface area (Å²) in [6.45, 7) is 4.85. The Hall–Kier alpha value is -2.30. The molecule has 1 aliphatic rings. The second kappa shape index (κ2) is 11.0. The maximum absolute atomic E-state index is 12.9. The summed E-state index contributed by atoms with van der Waals surface area (Å²) in [5.74, 6) is 0.944. The maximum Gasteiger partial charge on any atom is 0.294 e. The second-order valence-electron chi connectivity index (χ2n) is 6.91.